The van der Waals surface area contributed by atoms with Gasteiger partial charge in [0.25, 0.3) is 0 Å². The van der Waals surface area contributed by atoms with Gasteiger partial charge in [0.15, 0.2) is 0 Å². The molecule has 4 aliphatic rings. The molecule has 1 heterocycles. The van der Waals surface area contributed by atoms with Gasteiger partial charge in [-0.15, -0.1) is 0 Å². The molecule has 0 amide bonds. The van der Waals surface area contributed by atoms with E-state index in [2.05, 4.69) is 60.7 Å². The molecular weight excluding hydrogens is 256 g/mol. The zero-order valence-electron chi connectivity index (χ0n) is 12.1. The van der Waals surface area contributed by atoms with Crippen LogP contribution in [-0.4, -0.2) is 12.2 Å². The van der Waals surface area contributed by atoms with Crippen molar-refractivity contribution in [2.45, 2.75) is 36.9 Å². The van der Waals surface area contributed by atoms with Gasteiger partial charge in [0.2, 0.25) is 0 Å². The lowest BCUT2D eigenvalue weighted by Crippen LogP contribution is -2.43. The number of ether oxygens (including phenoxy) is 1. The molecule has 0 spiro atoms. The molecule has 4 fully saturated rings. The quantitative estimate of drug-likeness (QED) is 0.742. The zero-order valence-corrected chi connectivity index (χ0v) is 12.1. The van der Waals surface area contributed by atoms with E-state index in [9.17, 15) is 0 Å². The van der Waals surface area contributed by atoms with Crippen molar-refractivity contribution >= 4 is 0 Å². The molecule has 1 nitrogen and oxygen atoms in total. The van der Waals surface area contributed by atoms with Crippen LogP contribution in [0.25, 0.3) is 0 Å². The summed E-state index contributed by atoms with van der Waals surface area (Å²) in [4.78, 5) is 0. The van der Waals surface area contributed by atoms with Crippen LogP contribution in [0.4, 0.5) is 0 Å². The predicted molar refractivity (Wildman–Crippen MR) is 83.2 cm³/mol. The maximum absolute atomic E-state index is 5.83. The van der Waals surface area contributed by atoms with Gasteiger partial charge >= 0.3 is 0 Å². The molecule has 3 aliphatic carbocycles. The van der Waals surface area contributed by atoms with E-state index in [-0.39, 0.29) is 0 Å². The monoisotopic (exact) mass is 276 g/mol. The zero-order chi connectivity index (χ0) is 13.8. The van der Waals surface area contributed by atoms with Gasteiger partial charge in [-0.3, -0.25) is 0 Å². The van der Waals surface area contributed by atoms with Crippen molar-refractivity contribution < 1.29 is 4.74 Å². The smallest absolute Gasteiger partial charge is 0.0845 e. The van der Waals surface area contributed by atoms with Crippen molar-refractivity contribution in [2.75, 3.05) is 0 Å². The van der Waals surface area contributed by atoms with E-state index in [0.717, 1.165) is 23.7 Å². The van der Waals surface area contributed by atoms with Crippen molar-refractivity contribution in [2.24, 2.45) is 11.8 Å². The van der Waals surface area contributed by atoms with Crippen molar-refractivity contribution in [3.8, 4) is 0 Å². The summed E-state index contributed by atoms with van der Waals surface area (Å²) in [6.07, 6.45) is 3.61. The number of rotatable bonds is 2. The lowest BCUT2D eigenvalue weighted by atomic mass is 9.52. The fourth-order valence-corrected chi connectivity index (χ4v) is 4.99. The maximum atomic E-state index is 5.83. The van der Waals surface area contributed by atoms with Gasteiger partial charge in [-0.05, 0) is 47.6 Å². The van der Waals surface area contributed by atoms with Crippen LogP contribution < -0.4 is 0 Å². The minimum Gasteiger partial charge on any atom is -0.370 e. The Kier molecular flexibility index (Phi) is 2.54. The highest BCUT2D eigenvalue weighted by Gasteiger charge is 2.60. The number of epoxide rings is 1. The summed E-state index contributed by atoms with van der Waals surface area (Å²) in [7, 11) is 0. The lowest BCUT2D eigenvalue weighted by Gasteiger charge is -2.52. The number of hydrogen-bond donors (Lipinski definition) is 0. The maximum Gasteiger partial charge on any atom is 0.0845 e. The average Bonchev–Trinajstić information content (AvgIpc) is 3.27. The van der Waals surface area contributed by atoms with Crippen LogP contribution >= 0.6 is 0 Å². The van der Waals surface area contributed by atoms with E-state index in [0.29, 0.717) is 12.2 Å². The highest BCUT2D eigenvalue weighted by Crippen LogP contribution is 2.65. The van der Waals surface area contributed by atoms with Gasteiger partial charge < -0.3 is 4.74 Å². The van der Waals surface area contributed by atoms with E-state index in [1.54, 1.807) is 11.1 Å². The topological polar surface area (TPSA) is 12.5 Å². The molecule has 0 N–H and O–H groups in total. The second-order valence-corrected chi connectivity index (χ2v) is 6.89. The van der Waals surface area contributed by atoms with E-state index in [1.165, 1.54) is 12.8 Å². The van der Waals surface area contributed by atoms with Crippen LogP contribution in [0.3, 0.4) is 0 Å². The van der Waals surface area contributed by atoms with Crippen molar-refractivity contribution in [3.63, 3.8) is 0 Å². The van der Waals surface area contributed by atoms with E-state index in [1.807, 2.05) is 0 Å². The minimum atomic E-state index is 0.555. The van der Waals surface area contributed by atoms with E-state index in [4.69, 9.17) is 4.74 Å². The highest BCUT2D eigenvalue weighted by atomic mass is 16.6. The first kappa shape index (κ1) is 12.0. The largest absolute Gasteiger partial charge is 0.370 e. The molecule has 21 heavy (non-hydrogen) atoms. The summed E-state index contributed by atoms with van der Waals surface area (Å²) >= 11 is 0. The van der Waals surface area contributed by atoms with Gasteiger partial charge in [0.05, 0.1) is 12.2 Å². The van der Waals surface area contributed by atoms with Gasteiger partial charge in [-0.1, -0.05) is 60.7 Å². The Bertz CT molecular complexity index is 570. The molecule has 6 rings (SSSR count). The molecular formula is C20H20O. The van der Waals surface area contributed by atoms with E-state index >= 15 is 0 Å². The Balaban J connectivity index is 1.53. The molecule has 0 radical (unpaired) electrons. The van der Waals surface area contributed by atoms with E-state index < -0.39 is 0 Å². The lowest BCUT2D eigenvalue weighted by molar-refractivity contribution is 0.0652. The summed E-state index contributed by atoms with van der Waals surface area (Å²) in [5.74, 6) is 3.01. The molecule has 2 atom stereocenters. The van der Waals surface area contributed by atoms with Gasteiger partial charge in [-0.25, -0.2) is 0 Å². The molecule has 0 aromatic heterocycles. The SMILES string of the molecule is c1ccc(C2C3CC4OC4CC2C3c2ccccc2)cc1. The first-order valence-corrected chi connectivity index (χ1v) is 8.17. The van der Waals surface area contributed by atoms with Crippen LogP contribution in [0, 0.1) is 11.8 Å². The Morgan fingerprint density at radius 2 is 1.05 bits per heavy atom. The van der Waals surface area contributed by atoms with Gasteiger partial charge in [-0.2, -0.15) is 0 Å². The highest BCUT2D eigenvalue weighted by molar-refractivity contribution is 5.35. The molecule has 2 aromatic rings. The van der Waals surface area contributed by atoms with Crippen LogP contribution in [0.2, 0.25) is 0 Å². The number of benzene rings is 2. The summed E-state index contributed by atoms with van der Waals surface area (Å²) < 4.78 is 5.83. The molecule has 2 aromatic carbocycles. The van der Waals surface area contributed by atoms with Gasteiger partial charge in [0.1, 0.15) is 0 Å². The fraction of sp³-hybridized carbons (Fsp3) is 0.400. The predicted octanol–water partition coefficient (Wildman–Crippen LogP) is 4.36. The third kappa shape index (κ3) is 1.80. The minimum absolute atomic E-state index is 0.555. The van der Waals surface area contributed by atoms with Crippen LogP contribution in [0.5, 0.6) is 0 Å². The molecule has 2 unspecified atom stereocenters. The molecule has 1 saturated heterocycles. The fourth-order valence-electron chi connectivity index (χ4n) is 4.99. The first-order valence-electron chi connectivity index (χ1n) is 8.17. The molecule has 2 bridgehead atoms. The average molecular weight is 276 g/mol. The second-order valence-electron chi connectivity index (χ2n) is 6.89. The Hall–Kier alpha value is -1.60. The number of hydrogen-bond acceptors (Lipinski definition) is 1. The Morgan fingerprint density at radius 3 is 1.48 bits per heavy atom. The normalized spacial score (nSPS) is 39.8. The van der Waals surface area contributed by atoms with Crippen LogP contribution in [0.15, 0.2) is 60.7 Å². The summed E-state index contributed by atoms with van der Waals surface area (Å²) in [6.45, 7) is 0. The third-order valence-corrected chi connectivity index (χ3v) is 5.91. The molecule has 3 saturated carbocycles. The summed E-state index contributed by atoms with van der Waals surface area (Å²) in [5.41, 5.74) is 3.09. The van der Waals surface area contributed by atoms with Gasteiger partial charge in [0, 0.05) is 0 Å². The van der Waals surface area contributed by atoms with Crippen LogP contribution in [0.1, 0.15) is 35.8 Å². The third-order valence-electron chi connectivity index (χ3n) is 5.91. The second kappa shape index (κ2) is 4.45. The molecule has 106 valence electrons. The summed E-state index contributed by atoms with van der Waals surface area (Å²) in [6, 6.07) is 22.3. The van der Waals surface area contributed by atoms with Crippen molar-refractivity contribution in [1.29, 1.82) is 0 Å². The first-order chi connectivity index (χ1) is 10.4. The van der Waals surface area contributed by atoms with Crippen LogP contribution in [-0.2, 0) is 4.74 Å². The molecule has 1 heteroatoms. The Labute approximate surface area is 126 Å². The standard InChI is InChI=1S/C20H20O/c1-3-7-13(8-4-1)19-15-11-17-18(21-17)12-16(19)20(15)14-9-5-2-6-10-14/h1-10,15-20H,11-12H2. The summed E-state index contributed by atoms with van der Waals surface area (Å²) in [5, 5.41) is 0. The molecule has 1 aliphatic heterocycles. The van der Waals surface area contributed by atoms with Crippen molar-refractivity contribution in [1.82, 2.24) is 0 Å². The Morgan fingerprint density at radius 1 is 0.619 bits per heavy atom. The van der Waals surface area contributed by atoms with Crippen molar-refractivity contribution in [3.05, 3.63) is 71.8 Å².